The molecule has 1 heterocycles. The number of carbonyl (C=O) groups excluding carboxylic acids is 1. The summed E-state index contributed by atoms with van der Waals surface area (Å²) in [5.74, 6) is 0.337. The number of fused-ring (bicyclic) bond motifs is 2. The van der Waals surface area contributed by atoms with Gasteiger partial charge in [0.15, 0.2) is 0 Å². The first-order chi connectivity index (χ1) is 15.4. The van der Waals surface area contributed by atoms with E-state index in [0.29, 0.717) is 28.0 Å². The number of ether oxygens (including phenoxy) is 1. The molecule has 0 saturated heterocycles. The number of hydrogen-bond acceptors (Lipinski definition) is 5. The van der Waals surface area contributed by atoms with Crippen LogP contribution in [0, 0.1) is 6.92 Å². The molecule has 32 heavy (non-hydrogen) atoms. The zero-order valence-corrected chi connectivity index (χ0v) is 17.8. The predicted molar refractivity (Wildman–Crippen MR) is 125 cm³/mol. The number of carboxylic acid groups (broad SMARTS) is 1. The Kier molecular flexibility index (Phi) is 5.51. The van der Waals surface area contributed by atoms with Gasteiger partial charge in [-0.15, -0.1) is 0 Å². The molecule has 4 N–H and O–H groups in total. The first-order valence-electron chi connectivity index (χ1n) is 9.92. The van der Waals surface area contributed by atoms with Gasteiger partial charge in [0.05, 0.1) is 23.9 Å². The average Bonchev–Trinajstić information content (AvgIpc) is 2.79. The number of amides is 2. The van der Waals surface area contributed by atoms with Crippen molar-refractivity contribution < 1.29 is 19.4 Å². The SMILES string of the molecule is CNC(=O)c1cccc2c(Nc3cc(NC(=O)O)ccc3C)c3cccc(OC)c3nc12. The van der Waals surface area contributed by atoms with Crippen LogP contribution in [0.25, 0.3) is 21.8 Å². The van der Waals surface area contributed by atoms with Crippen LogP contribution in [0.5, 0.6) is 5.75 Å². The van der Waals surface area contributed by atoms with Crippen LogP contribution in [0.15, 0.2) is 54.6 Å². The number of benzene rings is 3. The van der Waals surface area contributed by atoms with E-state index in [-0.39, 0.29) is 5.91 Å². The first kappa shape index (κ1) is 20.9. The van der Waals surface area contributed by atoms with Crippen LogP contribution >= 0.6 is 0 Å². The number of anilines is 3. The van der Waals surface area contributed by atoms with Crippen LogP contribution in [-0.2, 0) is 0 Å². The summed E-state index contributed by atoms with van der Waals surface area (Å²) in [6, 6.07) is 16.3. The molecule has 0 unspecified atom stereocenters. The lowest BCUT2D eigenvalue weighted by Crippen LogP contribution is -2.18. The Morgan fingerprint density at radius 3 is 2.41 bits per heavy atom. The fourth-order valence-electron chi connectivity index (χ4n) is 3.67. The number of nitrogens with zero attached hydrogens (tertiary/aromatic N) is 1. The second-order valence-electron chi connectivity index (χ2n) is 7.21. The molecule has 8 nitrogen and oxygen atoms in total. The van der Waals surface area contributed by atoms with E-state index in [2.05, 4.69) is 16.0 Å². The minimum absolute atomic E-state index is 0.243. The second kappa shape index (κ2) is 8.43. The van der Waals surface area contributed by atoms with Gasteiger partial charge in [-0.05, 0) is 36.8 Å². The topological polar surface area (TPSA) is 113 Å². The predicted octanol–water partition coefficient (Wildman–Crippen LogP) is 4.90. The van der Waals surface area contributed by atoms with Crippen molar-refractivity contribution in [2.24, 2.45) is 0 Å². The maximum absolute atomic E-state index is 12.5. The Morgan fingerprint density at radius 2 is 1.72 bits per heavy atom. The Bertz CT molecular complexity index is 1370. The van der Waals surface area contributed by atoms with Gasteiger partial charge in [0.1, 0.15) is 11.3 Å². The Morgan fingerprint density at radius 1 is 1.00 bits per heavy atom. The monoisotopic (exact) mass is 430 g/mol. The zero-order chi connectivity index (χ0) is 22.8. The zero-order valence-electron chi connectivity index (χ0n) is 17.8. The molecule has 2 amide bonds. The maximum atomic E-state index is 12.5. The molecule has 0 aliphatic rings. The summed E-state index contributed by atoms with van der Waals surface area (Å²) in [5.41, 5.74) is 4.41. The Hall–Kier alpha value is -4.33. The molecule has 0 saturated carbocycles. The van der Waals surface area contributed by atoms with Crippen molar-refractivity contribution in [2.75, 3.05) is 24.8 Å². The fraction of sp³-hybridized carbons (Fsp3) is 0.125. The lowest BCUT2D eigenvalue weighted by molar-refractivity contribution is 0.0964. The quantitative estimate of drug-likeness (QED) is 0.335. The average molecular weight is 430 g/mol. The molecule has 0 aliphatic heterocycles. The van der Waals surface area contributed by atoms with Gasteiger partial charge in [-0.3, -0.25) is 10.1 Å². The number of methoxy groups -OCH3 is 1. The highest BCUT2D eigenvalue weighted by Gasteiger charge is 2.18. The van der Waals surface area contributed by atoms with Crippen LogP contribution in [0.1, 0.15) is 15.9 Å². The summed E-state index contributed by atoms with van der Waals surface area (Å²) in [7, 11) is 3.15. The summed E-state index contributed by atoms with van der Waals surface area (Å²) in [4.78, 5) is 28.4. The van der Waals surface area contributed by atoms with E-state index in [9.17, 15) is 9.59 Å². The third-order valence-corrected chi connectivity index (χ3v) is 5.24. The number of pyridine rings is 1. The van der Waals surface area contributed by atoms with Gasteiger partial charge in [0.2, 0.25) is 0 Å². The minimum atomic E-state index is -1.14. The fourth-order valence-corrected chi connectivity index (χ4v) is 3.67. The van der Waals surface area contributed by atoms with E-state index in [1.807, 2.05) is 37.3 Å². The summed E-state index contributed by atoms with van der Waals surface area (Å²) >= 11 is 0. The molecule has 0 fully saturated rings. The molecular formula is C24H22N4O4. The molecule has 0 atom stereocenters. The molecule has 162 valence electrons. The molecule has 0 radical (unpaired) electrons. The molecule has 3 aromatic carbocycles. The van der Waals surface area contributed by atoms with Crippen LogP contribution in [0.3, 0.4) is 0 Å². The molecule has 0 aliphatic carbocycles. The van der Waals surface area contributed by atoms with Crippen LogP contribution in [-0.4, -0.2) is 36.2 Å². The van der Waals surface area contributed by atoms with Crippen molar-refractivity contribution in [1.29, 1.82) is 0 Å². The number of rotatable bonds is 5. The van der Waals surface area contributed by atoms with E-state index in [1.54, 1.807) is 38.4 Å². The molecule has 1 aromatic heterocycles. The van der Waals surface area contributed by atoms with E-state index in [4.69, 9.17) is 14.8 Å². The van der Waals surface area contributed by atoms with Gasteiger partial charge < -0.3 is 20.5 Å². The number of aryl methyl sites for hydroxylation is 1. The number of aromatic nitrogens is 1. The van der Waals surface area contributed by atoms with Gasteiger partial charge in [0.25, 0.3) is 5.91 Å². The second-order valence-corrected chi connectivity index (χ2v) is 7.21. The summed E-state index contributed by atoms with van der Waals surface area (Å²) < 4.78 is 5.53. The van der Waals surface area contributed by atoms with E-state index in [0.717, 1.165) is 27.7 Å². The Labute approximate surface area is 184 Å². The number of hydrogen-bond donors (Lipinski definition) is 4. The van der Waals surface area contributed by atoms with Crippen molar-refractivity contribution in [1.82, 2.24) is 10.3 Å². The highest BCUT2D eigenvalue weighted by Crippen LogP contribution is 2.38. The van der Waals surface area contributed by atoms with Crippen LogP contribution < -0.4 is 20.7 Å². The normalized spacial score (nSPS) is 10.7. The van der Waals surface area contributed by atoms with Gasteiger partial charge >= 0.3 is 6.09 Å². The largest absolute Gasteiger partial charge is 0.494 e. The first-order valence-corrected chi connectivity index (χ1v) is 9.92. The maximum Gasteiger partial charge on any atom is 0.409 e. The summed E-state index contributed by atoms with van der Waals surface area (Å²) in [5, 5.41) is 19.1. The van der Waals surface area contributed by atoms with Crippen molar-refractivity contribution in [2.45, 2.75) is 6.92 Å². The van der Waals surface area contributed by atoms with Gasteiger partial charge in [-0.2, -0.15) is 0 Å². The van der Waals surface area contributed by atoms with E-state index >= 15 is 0 Å². The van der Waals surface area contributed by atoms with Gasteiger partial charge in [-0.1, -0.05) is 30.3 Å². The number of para-hydroxylation sites is 2. The standard InChI is InChI=1S/C24H22N4O4/c1-13-10-11-14(26-24(30)31)12-18(13)27-20-15-6-4-8-17(23(29)25-2)21(15)28-22-16(20)7-5-9-19(22)32-3/h4-12,26H,1-3H3,(H,25,29)(H,27,28)(H,30,31). The van der Waals surface area contributed by atoms with Crippen molar-refractivity contribution >= 4 is 50.9 Å². The molecule has 0 bridgehead atoms. The summed E-state index contributed by atoms with van der Waals surface area (Å²) in [6.07, 6.45) is -1.14. The van der Waals surface area contributed by atoms with Crippen molar-refractivity contribution in [3.63, 3.8) is 0 Å². The molecule has 4 aromatic rings. The third-order valence-electron chi connectivity index (χ3n) is 5.24. The van der Waals surface area contributed by atoms with Gasteiger partial charge in [0, 0.05) is 29.2 Å². The van der Waals surface area contributed by atoms with Crippen LogP contribution in [0.2, 0.25) is 0 Å². The highest BCUT2D eigenvalue weighted by molar-refractivity contribution is 6.15. The van der Waals surface area contributed by atoms with Crippen molar-refractivity contribution in [3.8, 4) is 5.75 Å². The molecule has 8 heteroatoms. The smallest absolute Gasteiger partial charge is 0.409 e. The number of nitrogens with one attached hydrogen (secondary N) is 3. The third kappa shape index (κ3) is 3.74. The minimum Gasteiger partial charge on any atom is -0.494 e. The highest BCUT2D eigenvalue weighted by atomic mass is 16.5. The van der Waals surface area contributed by atoms with Crippen molar-refractivity contribution in [3.05, 3.63) is 65.7 Å². The molecule has 0 spiro atoms. The Balaban J connectivity index is 2.01. The molecule has 4 rings (SSSR count). The van der Waals surface area contributed by atoms with Crippen LogP contribution in [0.4, 0.5) is 21.9 Å². The van der Waals surface area contributed by atoms with Gasteiger partial charge in [-0.25, -0.2) is 9.78 Å². The van der Waals surface area contributed by atoms with E-state index < -0.39 is 6.09 Å². The lowest BCUT2D eigenvalue weighted by atomic mass is 10.0. The van der Waals surface area contributed by atoms with E-state index in [1.165, 1.54) is 0 Å². The summed E-state index contributed by atoms with van der Waals surface area (Å²) in [6.45, 7) is 1.93. The lowest BCUT2D eigenvalue weighted by Gasteiger charge is -2.18. The number of carbonyl (C=O) groups is 2. The molecular weight excluding hydrogens is 408 g/mol.